The van der Waals surface area contributed by atoms with Crippen LogP contribution in [0.3, 0.4) is 0 Å². The zero-order chi connectivity index (χ0) is 21.9. The van der Waals surface area contributed by atoms with Crippen LogP contribution < -0.4 is 4.74 Å². The number of hydrogen-bond acceptors (Lipinski definition) is 5. The van der Waals surface area contributed by atoms with Crippen LogP contribution in [0.25, 0.3) is 0 Å². The average Bonchev–Trinajstić information content (AvgIpc) is 2.72. The van der Waals surface area contributed by atoms with Crippen LogP contribution in [-0.4, -0.2) is 47.6 Å². The zero-order valence-corrected chi connectivity index (χ0v) is 19.4. The summed E-state index contributed by atoms with van der Waals surface area (Å²) in [5.41, 5.74) is 1.23. The molecule has 0 unspecified atom stereocenters. The number of ether oxygens (including phenoxy) is 1. The molecule has 1 heterocycles. The van der Waals surface area contributed by atoms with Crippen LogP contribution in [0.15, 0.2) is 52.3 Å². The predicted molar refractivity (Wildman–Crippen MR) is 117 cm³/mol. The molecule has 6 nitrogen and oxygen atoms in total. The summed E-state index contributed by atoms with van der Waals surface area (Å²) in [5.74, 6) is 1.27. The molecule has 1 aliphatic rings. The number of rotatable bonds is 7. The van der Waals surface area contributed by atoms with Crippen LogP contribution in [0, 0.1) is 5.92 Å². The van der Waals surface area contributed by atoms with Crippen LogP contribution in [0.1, 0.15) is 24.8 Å². The van der Waals surface area contributed by atoms with Gasteiger partial charge in [0, 0.05) is 19.3 Å². The summed E-state index contributed by atoms with van der Waals surface area (Å²) < 4.78 is 56.3. The lowest BCUT2D eigenvalue weighted by atomic mass is 9.91. The van der Waals surface area contributed by atoms with Crippen molar-refractivity contribution in [3.05, 3.63) is 53.1 Å². The van der Waals surface area contributed by atoms with Gasteiger partial charge in [-0.1, -0.05) is 23.7 Å². The average molecular weight is 472 g/mol. The molecule has 164 valence electrons. The third-order valence-corrected chi connectivity index (χ3v) is 9.01. The van der Waals surface area contributed by atoms with Gasteiger partial charge in [0.1, 0.15) is 10.6 Å². The highest BCUT2D eigenvalue weighted by Gasteiger charge is 2.31. The van der Waals surface area contributed by atoms with E-state index in [-0.39, 0.29) is 14.8 Å². The second-order valence-electron chi connectivity index (χ2n) is 7.60. The molecule has 1 saturated heterocycles. The molecule has 0 bridgehead atoms. The molecule has 0 saturated carbocycles. The van der Waals surface area contributed by atoms with E-state index in [9.17, 15) is 16.8 Å². The van der Waals surface area contributed by atoms with Gasteiger partial charge in [0.25, 0.3) is 0 Å². The second kappa shape index (κ2) is 9.26. The fraction of sp³-hybridized carbons (Fsp3) is 0.429. The molecule has 0 N–H and O–H groups in total. The molecular formula is C21H26ClNO5S2. The molecule has 0 spiro atoms. The van der Waals surface area contributed by atoms with E-state index in [1.165, 1.54) is 22.0 Å². The summed E-state index contributed by atoms with van der Waals surface area (Å²) in [6.45, 7) is 0.796. The Morgan fingerprint density at radius 2 is 1.67 bits per heavy atom. The van der Waals surface area contributed by atoms with E-state index in [0.29, 0.717) is 19.0 Å². The largest absolute Gasteiger partial charge is 0.497 e. The van der Waals surface area contributed by atoms with E-state index in [1.807, 2.05) is 12.1 Å². The first kappa shape index (κ1) is 23.1. The first-order valence-electron chi connectivity index (χ1n) is 9.74. The molecule has 3 rings (SSSR count). The van der Waals surface area contributed by atoms with Gasteiger partial charge in [0.15, 0.2) is 9.84 Å². The van der Waals surface area contributed by atoms with Crippen molar-refractivity contribution in [3.8, 4) is 5.75 Å². The number of methoxy groups -OCH3 is 1. The number of benzene rings is 2. The van der Waals surface area contributed by atoms with E-state index < -0.39 is 19.9 Å². The molecule has 0 amide bonds. The third kappa shape index (κ3) is 5.35. The SMILES string of the molecule is COc1ccc(CCC2CCN(S(=O)(=O)c3cc(S(C)(=O)=O)ccc3Cl)CC2)cc1. The molecule has 2 aromatic carbocycles. The van der Waals surface area contributed by atoms with Gasteiger partial charge < -0.3 is 4.74 Å². The Balaban J connectivity index is 1.64. The summed E-state index contributed by atoms with van der Waals surface area (Å²) in [4.78, 5) is -0.205. The van der Waals surface area contributed by atoms with Crippen molar-refractivity contribution in [2.45, 2.75) is 35.5 Å². The topological polar surface area (TPSA) is 80.8 Å². The third-order valence-electron chi connectivity index (χ3n) is 5.52. The minimum absolute atomic E-state index is 0.0315. The molecule has 0 radical (unpaired) electrons. The molecule has 0 atom stereocenters. The lowest BCUT2D eigenvalue weighted by molar-refractivity contribution is 0.263. The van der Waals surface area contributed by atoms with Gasteiger partial charge in [-0.25, -0.2) is 16.8 Å². The van der Waals surface area contributed by atoms with Crippen molar-refractivity contribution in [2.75, 3.05) is 26.5 Å². The molecule has 1 fully saturated rings. The Hall–Kier alpha value is -1.61. The van der Waals surface area contributed by atoms with Crippen molar-refractivity contribution < 1.29 is 21.6 Å². The fourth-order valence-corrected chi connectivity index (χ4v) is 6.34. The van der Waals surface area contributed by atoms with Crippen LogP contribution in [-0.2, 0) is 26.3 Å². The maximum Gasteiger partial charge on any atom is 0.244 e. The van der Waals surface area contributed by atoms with Crippen LogP contribution in [0.5, 0.6) is 5.75 Å². The highest BCUT2D eigenvalue weighted by atomic mass is 35.5. The van der Waals surface area contributed by atoms with Gasteiger partial charge in [0.2, 0.25) is 10.0 Å². The van der Waals surface area contributed by atoms with Gasteiger partial charge in [-0.3, -0.25) is 0 Å². The van der Waals surface area contributed by atoms with E-state index in [2.05, 4.69) is 12.1 Å². The van der Waals surface area contributed by atoms with Gasteiger partial charge in [-0.15, -0.1) is 0 Å². The summed E-state index contributed by atoms with van der Waals surface area (Å²) in [7, 11) is -5.74. The number of nitrogens with zero attached hydrogens (tertiary/aromatic N) is 1. The Bertz CT molecular complexity index is 1090. The van der Waals surface area contributed by atoms with Gasteiger partial charge >= 0.3 is 0 Å². The summed E-state index contributed by atoms with van der Waals surface area (Å²) >= 11 is 6.11. The van der Waals surface area contributed by atoms with Gasteiger partial charge in [-0.05, 0) is 67.5 Å². The number of sulfonamides is 1. The molecule has 30 heavy (non-hydrogen) atoms. The van der Waals surface area contributed by atoms with Crippen LogP contribution >= 0.6 is 11.6 Å². The quantitative estimate of drug-likeness (QED) is 0.613. The number of sulfone groups is 1. The van der Waals surface area contributed by atoms with E-state index >= 15 is 0 Å². The lowest BCUT2D eigenvalue weighted by Crippen LogP contribution is -2.38. The van der Waals surface area contributed by atoms with Crippen LogP contribution in [0.4, 0.5) is 0 Å². The normalized spacial score (nSPS) is 16.5. The zero-order valence-electron chi connectivity index (χ0n) is 17.0. The van der Waals surface area contributed by atoms with Gasteiger partial charge in [0.05, 0.1) is 17.0 Å². The Kier molecular flexibility index (Phi) is 7.12. The van der Waals surface area contributed by atoms with Crippen LogP contribution in [0.2, 0.25) is 5.02 Å². The molecule has 1 aliphatic heterocycles. The Morgan fingerprint density at radius 3 is 2.23 bits per heavy atom. The van der Waals surface area contributed by atoms with E-state index in [4.69, 9.17) is 16.3 Å². The minimum Gasteiger partial charge on any atom is -0.497 e. The smallest absolute Gasteiger partial charge is 0.244 e. The highest BCUT2D eigenvalue weighted by molar-refractivity contribution is 7.91. The van der Waals surface area contributed by atoms with E-state index in [1.54, 1.807) is 7.11 Å². The number of hydrogen-bond donors (Lipinski definition) is 0. The maximum absolute atomic E-state index is 13.1. The van der Waals surface area contributed by atoms with Crippen molar-refractivity contribution >= 4 is 31.5 Å². The standard InChI is InChI=1S/C21H26ClNO5S2/c1-28-18-7-5-16(6-8-18)3-4-17-11-13-23(14-12-17)30(26,27)21-15-19(29(2,24)25)9-10-20(21)22/h5-10,15,17H,3-4,11-14H2,1-2H3. The summed E-state index contributed by atoms with van der Waals surface area (Å²) in [6, 6.07) is 11.8. The Labute approximate surface area is 183 Å². The van der Waals surface area contributed by atoms with E-state index in [0.717, 1.165) is 43.8 Å². The monoisotopic (exact) mass is 471 g/mol. The second-order valence-corrected chi connectivity index (χ2v) is 11.9. The number of piperidine rings is 1. The van der Waals surface area contributed by atoms with Crippen molar-refractivity contribution in [2.24, 2.45) is 5.92 Å². The summed E-state index contributed by atoms with van der Waals surface area (Å²) in [5, 5.41) is 0.0315. The molecule has 0 aromatic heterocycles. The highest BCUT2D eigenvalue weighted by Crippen LogP contribution is 2.31. The number of halogens is 1. The maximum atomic E-state index is 13.1. The summed E-state index contributed by atoms with van der Waals surface area (Å²) in [6.07, 6.45) is 4.49. The first-order chi connectivity index (χ1) is 14.1. The molecular weight excluding hydrogens is 446 g/mol. The molecule has 9 heteroatoms. The van der Waals surface area contributed by atoms with Crippen molar-refractivity contribution in [3.63, 3.8) is 0 Å². The van der Waals surface area contributed by atoms with Gasteiger partial charge in [-0.2, -0.15) is 4.31 Å². The molecule has 2 aromatic rings. The lowest BCUT2D eigenvalue weighted by Gasteiger charge is -2.31. The minimum atomic E-state index is -3.85. The van der Waals surface area contributed by atoms with Crippen molar-refractivity contribution in [1.29, 1.82) is 0 Å². The van der Waals surface area contributed by atoms with Crippen molar-refractivity contribution in [1.82, 2.24) is 4.31 Å². The predicted octanol–water partition coefficient (Wildman–Crippen LogP) is 3.79. The first-order valence-corrected chi connectivity index (χ1v) is 13.4. The molecule has 0 aliphatic carbocycles. The number of aryl methyl sites for hydroxylation is 1. The Morgan fingerprint density at radius 1 is 1.03 bits per heavy atom. The fourth-order valence-electron chi connectivity index (χ4n) is 3.65.